The number of pyridine rings is 1. The molecular formula is C64H76F2N10O8. The van der Waals surface area contributed by atoms with Crippen LogP contribution in [0.15, 0.2) is 48.7 Å². The molecule has 3 aromatic carbocycles. The Balaban J connectivity index is 0.652. The second-order valence-electron chi connectivity index (χ2n) is 25.2. The van der Waals surface area contributed by atoms with Crippen LogP contribution in [0, 0.1) is 41.7 Å². The molecule has 1 N–H and O–H groups in total. The Bertz CT molecular complexity index is 3370. The Morgan fingerprint density at radius 3 is 2.21 bits per heavy atom. The van der Waals surface area contributed by atoms with E-state index in [9.17, 15) is 19.2 Å². The molecule has 0 aliphatic carbocycles. The van der Waals surface area contributed by atoms with Crippen molar-refractivity contribution in [2.45, 2.75) is 122 Å². The highest BCUT2D eigenvalue weighted by Crippen LogP contribution is 2.42. The molecule has 84 heavy (non-hydrogen) atoms. The van der Waals surface area contributed by atoms with Gasteiger partial charge >= 0.3 is 12.1 Å². The maximum absolute atomic E-state index is 17.6. The van der Waals surface area contributed by atoms with Gasteiger partial charge in [-0.15, -0.1) is 6.42 Å². The zero-order chi connectivity index (χ0) is 58.4. The summed E-state index contributed by atoms with van der Waals surface area (Å²) in [5, 5.41) is 3.60. The molecule has 9 heterocycles. The molecule has 0 spiro atoms. The van der Waals surface area contributed by atoms with E-state index in [0.29, 0.717) is 84.3 Å². The third-order valence-electron chi connectivity index (χ3n) is 18.5. The number of ether oxygens (including phenoxy) is 4. The van der Waals surface area contributed by atoms with Gasteiger partial charge in [0.2, 0.25) is 11.8 Å². The molecule has 4 amide bonds. The maximum atomic E-state index is 17.6. The van der Waals surface area contributed by atoms with Crippen LogP contribution < -0.4 is 24.6 Å². The SMILES string of the molecule is C#Cc1c(F)ccc2cc(OCOC)cc(-c3ncc4c(N5CC6CCC(C5)N6C(=O)OC(C)(C)C)nc(OCCN5CCC(CC6CCN(CC7CCN(c8ccc9c(c8)CN([C@H]8CCC(=O)NC8=O)C9=O)CC7)CC6)CC5)nc4c3F)c12. The van der Waals surface area contributed by atoms with E-state index < -0.39 is 23.3 Å². The number of nitrogens with one attached hydrogen (secondary N) is 1. The lowest BCUT2D eigenvalue weighted by Crippen LogP contribution is -2.57. The first kappa shape index (κ1) is 57.2. The van der Waals surface area contributed by atoms with Gasteiger partial charge in [0.25, 0.3) is 5.91 Å². The van der Waals surface area contributed by atoms with Crippen LogP contribution in [-0.2, 0) is 25.6 Å². The smallest absolute Gasteiger partial charge is 0.410 e. The molecule has 6 fully saturated rings. The molecule has 7 aliphatic rings. The lowest BCUT2D eigenvalue weighted by atomic mass is 9.82. The number of carbonyl (C=O) groups is 4. The maximum Gasteiger partial charge on any atom is 0.410 e. The number of piperidine rings is 4. The predicted octanol–water partition coefficient (Wildman–Crippen LogP) is 8.55. The third kappa shape index (κ3) is 11.9. The fourth-order valence-corrected chi connectivity index (χ4v) is 14.2. The van der Waals surface area contributed by atoms with Gasteiger partial charge in [0.1, 0.15) is 46.8 Å². The van der Waals surface area contributed by atoms with Crippen LogP contribution in [0.25, 0.3) is 32.9 Å². The summed E-state index contributed by atoms with van der Waals surface area (Å²) in [6, 6.07) is 11.3. The van der Waals surface area contributed by atoms with Crippen LogP contribution in [0.2, 0.25) is 0 Å². The first-order valence-corrected chi connectivity index (χ1v) is 30.2. The number of piperazine rings is 1. The van der Waals surface area contributed by atoms with E-state index in [1.807, 2.05) is 37.8 Å². The topological polar surface area (TPSA) is 175 Å². The van der Waals surface area contributed by atoms with E-state index >= 15 is 8.78 Å². The molecule has 2 unspecified atom stereocenters. The van der Waals surface area contributed by atoms with Gasteiger partial charge in [-0.05, 0) is 176 Å². The zero-order valence-electron chi connectivity index (χ0n) is 48.7. The molecule has 6 saturated heterocycles. The molecule has 20 heteroatoms. The van der Waals surface area contributed by atoms with Crippen molar-refractivity contribution in [2.24, 2.45) is 17.8 Å². The van der Waals surface area contributed by atoms with E-state index in [0.717, 1.165) is 102 Å². The summed E-state index contributed by atoms with van der Waals surface area (Å²) in [6.07, 6.45) is 17.5. The summed E-state index contributed by atoms with van der Waals surface area (Å²) in [6.45, 7) is 15.1. The minimum atomic E-state index is -0.753. The van der Waals surface area contributed by atoms with Crippen molar-refractivity contribution in [3.8, 4) is 35.4 Å². The van der Waals surface area contributed by atoms with E-state index in [2.05, 4.69) is 41.9 Å². The first-order chi connectivity index (χ1) is 40.6. The van der Waals surface area contributed by atoms with Gasteiger partial charge in [0.15, 0.2) is 12.6 Å². The first-order valence-electron chi connectivity index (χ1n) is 30.2. The van der Waals surface area contributed by atoms with Crippen molar-refractivity contribution in [2.75, 3.05) is 95.8 Å². The Morgan fingerprint density at radius 2 is 1.52 bits per heavy atom. The number of hydrogen-bond acceptors (Lipinski definition) is 15. The minimum Gasteiger partial charge on any atom is -0.468 e. The summed E-state index contributed by atoms with van der Waals surface area (Å²) in [5.41, 5.74) is 2.17. The molecule has 5 aromatic rings. The van der Waals surface area contributed by atoms with Crippen LogP contribution in [0.3, 0.4) is 0 Å². The molecule has 3 atom stereocenters. The summed E-state index contributed by atoms with van der Waals surface area (Å²) in [5.74, 6) is 3.16. The average molecular weight is 1150 g/mol. The van der Waals surface area contributed by atoms with Crippen LogP contribution in [0.5, 0.6) is 11.8 Å². The lowest BCUT2D eigenvalue weighted by molar-refractivity contribution is -0.136. The van der Waals surface area contributed by atoms with Crippen LogP contribution in [0.1, 0.15) is 113 Å². The molecule has 2 aromatic heterocycles. The minimum absolute atomic E-state index is 0.0126. The average Bonchev–Trinajstić information content (AvgIpc) is 1.79. The molecule has 7 aliphatic heterocycles. The number of aromatic nitrogens is 3. The van der Waals surface area contributed by atoms with Gasteiger partial charge in [-0.2, -0.15) is 9.97 Å². The van der Waals surface area contributed by atoms with Crippen molar-refractivity contribution in [3.63, 3.8) is 0 Å². The second kappa shape index (κ2) is 24.0. The fraction of sp³-hybridized carbons (Fsp3) is 0.547. The molecule has 2 bridgehead atoms. The zero-order valence-corrected chi connectivity index (χ0v) is 48.7. The molecule has 0 radical (unpaired) electrons. The van der Waals surface area contributed by atoms with Gasteiger partial charge in [-0.1, -0.05) is 12.0 Å². The van der Waals surface area contributed by atoms with Gasteiger partial charge in [-0.3, -0.25) is 34.5 Å². The van der Waals surface area contributed by atoms with Gasteiger partial charge < -0.3 is 38.5 Å². The van der Waals surface area contributed by atoms with Crippen molar-refractivity contribution < 1.29 is 46.9 Å². The number of imide groups is 1. The number of fused-ring (bicyclic) bond motifs is 5. The quantitative estimate of drug-likeness (QED) is 0.0599. The number of likely N-dealkylation sites (tertiary alicyclic amines) is 2. The number of halogens is 2. The van der Waals surface area contributed by atoms with E-state index in [1.165, 1.54) is 32.4 Å². The largest absolute Gasteiger partial charge is 0.468 e. The number of benzene rings is 3. The number of methoxy groups -OCH3 is 1. The third-order valence-corrected chi connectivity index (χ3v) is 18.5. The number of rotatable bonds is 15. The number of anilines is 2. The Labute approximate surface area is 489 Å². The summed E-state index contributed by atoms with van der Waals surface area (Å²) in [4.78, 5) is 78.5. The Kier molecular flexibility index (Phi) is 16.4. The Hall–Kier alpha value is -7.21. The van der Waals surface area contributed by atoms with Crippen LogP contribution in [-0.4, -0.2) is 168 Å². The van der Waals surface area contributed by atoms with Crippen LogP contribution >= 0.6 is 0 Å². The monoisotopic (exact) mass is 1150 g/mol. The second-order valence-corrected chi connectivity index (χ2v) is 25.2. The number of carbonyl (C=O) groups excluding carboxylic acids is 4. The van der Waals surface area contributed by atoms with E-state index in [4.69, 9.17) is 35.3 Å². The highest BCUT2D eigenvalue weighted by Gasteiger charge is 2.46. The summed E-state index contributed by atoms with van der Waals surface area (Å²) in [7, 11) is 1.49. The lowest BCUT2D eigenvalue weighted by Gasteiger charge is -2.42. The number of hydrogen-bond donors (Lipinski definition) is 1. The Morgan fingerprint density at radius 1 is 0.810 bits per heavy atom. The van der Waals surface area contributed by atoms with Crippen LogP contribution in [0.4, 0.5) is 25.1 Å². The normalized spacial score (nSPS) is 22.2. The fourth-order valence-electron chi connectivity index (χ4n) is 14.2. The highest BCUT2D eigenvalue weighted by atomic mass is 19.1. The molecule has 0 saturated carbocycles. The highest BCUT2D eigenvalue weighted by molar-refractivity contribution is 6.06. The van der Waals surface area contributed by atoms with Gasteiger partial charge in [0, 0.05) is 87.7 Å². The summed E-state index contributed by atoms with van der Waals surface area (Å²) < 4.78 is 56.1. The number of amides is 4. The van der Waals surface area contributed by atoms with E-state index in [-0.39, 0.29) is 77.5 Å². The van der Waals surface area contributed by atoms with Crippen molar-refractivity contribution in [1.82, 2.24) is 39.9 Å². The molecule has 444 valence electrons. The standard InChI is InChI=1S/C64H76F2N10O8/c1-6-48-52(65)12-7-42-31-47(83-38-81-5)32-50(55(42)48)57-56(66)58-51(33-67-57)59(74-36-45-8-9-46(37-74)76(45)63(80)84-64(2,3)4)70-62(69-58)82-28-27-71-21-15-39(16-22-71)29-40-17-23-72(24-18-40)34-41-19-25-73(26-20-41)44-10-11-49-43(30-44)35-75(61(49)79)53-13-14-54(77)68-60(53)78/h1,7,10-12,30-33,39-41,45-46,53H,8-9,13-29,34-38H2,2-5H3,(H,68,77,78)/t45?,46?,53-/m0/s1. The predicted molar refractivity (Wildman–Crippen MR) is 314 cm³/mol. The summed E-state index contributed by atoms with van der Waals surface area (Å²) >= 11 is 0. The molecule has 12 rings (SSSR count). The van der Waals surface area contributed by atoms with Crippen molar-refractivity contribution in [1.29, 1.82) is 0 Å². The van der Waals surface area contributed by atoms with E-state index in [1.54, 1.807) is 29.3 Å². The van der Waals surface area contributed by atoms with Crippen molar-refractivity contribution >= 4 is 57.0 Å². The number of terminal acetylenes is 1. The molecule has 18 nitrogen and oxygen atoms in total. The van der Waals surface area contributed by atoms with Crippen molar-refractivity contribution in [3.05, 3.63) is 77.0 Å². The molecular weight excluding hydrogens is 1070 g/mol. The van der Waals surface area contributed by atoms with Gasteiger partial charge in [-0.25, -0.2) is 13.6 Å². The van der Waals surface area contributed by atoms with Gasteiger partial charge in [0.05, 0.1) is 23.0 Å². The number of nitrogens with zero attached hydrogens (tertiary/aromatic N) is 9.